The summed E-state index contributed by atoms with van der Waals surface area (Å²) >= 11 is 0. The molecule has 4 heteroatoms. The number of methoxy groups -OCH3 is 2. The zero-order chi connectivity index (χ0) is 14.3. The van der Waals surface area contributed by atoms with Crippen LogP contribution in [0.1, 0.15) is 38.7 Å². The highest BCUT2D eigenvalue weighted by atomic mass is 16.5. The summed E-state index contributed by atoms with van der Waals surface area (Å²) in [4.78, 5) is 0. The van der Waals surface area contributed by atoms with Gasteiger partial charge in [-0.15, -0.1) is 0 Å². The van der Waals surface area contributed by atoms with Crippen molar-refractivity contribution in [3.8, 4) is 17.2 Å². The second-order valence-corrected chi connectivity index (χ2v) is 4.62. The molecular formula is C15H25NO3. The fraction of sp³-hybridized carbons (Fsp3) is 0.600. The maximum absolute atomic E-state index is 9.85. The van der Waals surface area contributed by atoms with Crippen molar-refractivity contribution in [1.29, 1.82) is 0 Å². The standard InChI is InChI=1S/C15H25NO3/c1-5-7-12(6-2)16-10-11-8-13(18-3)15(17)14(9-11)19-4/h8-9,12,16-17H,5-7,10H2,1-4H3. The summed E-state index contributed by atoms with van der Waals surface area (Å²) in [6.07, 6.45) is 3.46. The molecule has 2 N–H and O–H groups in total. The van der Waals surface area contributed by atoms with Crippen molar-refractivity contribution in [3.63, 3.8) is 0 Å². The number of phenols is 1. The molecule has 19 heavy (non-hydrogen) atoms. The molecule has 1 unspecified atom stereocenters. The number of rotatable bonds is 8. The molecule has 0 fully saturated rings. The number of ether oxygens (including phenoxy) is 2. The average molecular weight is 267 g/mol. The second kappa shape index (κ2) is 7.89. The quantitative estimate of drug-likeness (QED) is 0.760. The SMILES string of the molecule is CCCC(CC)NCc1cc(OC)c(O)c(OC)c1. The fourth-order valence-corrected chi connectivity index (χ4v) is 2.11. The predicted octanol–water partition coefficient (Wildman–Crippen LogP) is 3.08. The summed E-state index contributed by atoms with van der Waals surface area (Å²) in [5.74, 6) is 0.939. The summed E-state index contributed by atoms with van der Waals surface area (Å²) in [6, 6.07) is 4.20. The van der Waals surface area contributed by atoms with E-state index in [1.165, 1.54) is 27.1 Å². The van der Waals surface area contributed by atoms with Gasteiger partial charge in [-0.25, -0.2) is 0 Å². The Kier molecular flexibility index (Phi) is 6.50. The number of benzene rings is 1. The molecule has 4 nitrogen and oxygen atoms in total. The second-order valence-electron chi connectivity index (χ2n) is 4.62. The van der Waals surface area contributed by atoms with E-state index in [0.29, 0.717) is 17.5 Å². The summed E-state index contributed by atoms with van der Waals surface area (Å²) in [5, 5.41) is 13.4. The van der Waals surface area contributed by atoms with Crippen molar-refractivity contribution >= 4 is 0 Å². The van der Waals surface area contributed by atoms with E-state index in [9.17, 15) is 5.11 Å². The molecule has 1 aromatic rings. The smallest absolute Gasteiger partial charge is 0.200 e. The normalized spacial score (nSPS) is 12.2. The molecule has 0 saturated heterocycles. The van der Waals surface area contributed by atoms with Crippen LogP contribution < -0.4 is 14.8 Å². The third-order valence-corrected chi connectivity index (χ3v) is 3.26. The minimum absolute atomic E-state index is 0.0503. The van der Waals surface area contributed by atoms with Crippen molar-refractivity contribution in [2.24, 2.45) is 0 Å². The van der Waals surface area contributed by atoms with Gasteiger partial charge in [0.15, 0.2) is 11.5 Å². The first-order chi connectivity index (χ1) is 9.15. The Morgan fingerprint density at radius 2 is 1.74 bits per heavy atom. The van der Waals surface area contributed by atoms with Gasteiger partial charge in [0.1, 0.15) is 0 Å². The molecule has 0 aliphatic carbocycles. The van der Waals surface area contributed by atoms with Gasteiger partial charge in [0.25, 0.3) is 0 Å². The summed E-state index contributed by atoms with van der Waals surface area (Å²) in [6.45, 7) is 5.12. The Bertz CT molecular complexity index is 368. The van der Waals surface area contributed by atoms with Crippen LogP contribution in [0.15, 0.2) is 12.1 Å². The van der Waals surface area contributed by atoms with Crippen LogP contribution in [0.25, 0.3) is 0 Å². The molecule has 0 aromatic heterocycles. The van der Waals surface area contributed by atoms with Gasteiger partial charge in [0.05, 0.1) is 14.2 Å². The summed E-state index contributed by atoms with van der Waals surface area (Å²) in [7, 11) is 3.08. The minimum atomic E-state index is 0.0503. The van der Waals surface area contributed by atoms with E-state index in [4.69, 9.17) is 9.47 Å². The lowest BCUT2D eigenvalue weighted by Crippen LogP contribution is -2.27. The first kappa shape index (κ1) is 15.6. The molecular weight excluding hydrogens is 242 g/mol. The van der Waals surface area contributed by atoms with Crippen LogP contribution in [0.3, 0.4) is 0 Å². The van der Waals surface area contributed by atoms with Crippen LogP contribution in [0.2, 0.25) is 0 Å². The Balaban J connectivity index is 2.77. The van der Waals surface area contributed by atoms with E-state index in [-0.39, 0.29) is 5.75 Å². The van der Waals surface area contributed by atoms with Crippen molar-refractivity contribution in [2.45, 2.75) is 45.7 Å². The molecule has 0 spiro atoms. The minimum Gasteiger partial charge on any atom is -0.502 e. The first-order valence-corrected chi connectivity index (χ1v) is 6.83. The van der Waals surface area contributed by atoms with E-state index in [2.05, 4.69) is 19.2 Å². The Hall–Kier alpha value is -1.42. The molecule has 0 aliphatic heterocycles. The van der Waals surface area contributed by atoms with Gasteiger partial charge in [0, 0.05) is 12.6 Å². The van der Waals surface area contributed by atoms with Crippen LogP contribution >= 0.6 is 0 Å². The summed E-state index contributed by atoms with van der Waals surface area (Å²) in [5.41, 5.74) is 1.04. The third-order valence-electron chi connectivity index (χ3n) is 3.26. The highest BCUT2D eigenvalue weighted by Crippen LogP contribution is 2.37. The lowest BCUT2D eigenvalue weighted by molar-refractivity contribution is 0.338. The monoisotopic (exact) mass is 267 g/mol. The zero-order valence-electron chi connectivity index (χ0n) is 12.3. The highest BCUT2D eigenvalue weighted by molar-refractivity contribution is 5.52. The largest absolute Gasteiger partial charge is 0.502 e. The molecule has 1 aromatic carbocycles. The Morgan fingerprint density at radius 3 is 2.16 bits per heavy atom. The average Bonchev–Trinajstić information content (AvgIpc) is 2.44. The number of phenolic OH excluding ortho intramolecular Hbond substituents is 1. The Labute approximate surface area is 115 Å². The Morgan fingerprint density at radius 1 is 1.16 bits per heavy atom. The molecule has 108 valence electrons. The van der Waals surface area contributed by atoms with Crippen LogP contribution in [0.5, 0.6) is 17.2 Å². The molecule has 0 aliphatic rings. The van der Waals surface area contributed by atoms with Crippen LogP contribution in [-0.4, -0.2) is 25.4 Å². The van der Waals surface area contributed by atoms with E-state index in [1.807, 2.05) is 12.1 Å². The topological polar surface area (TPSA) is 50.7 Å². The van der Waals surface area contributed by atoms with Crippen molar-refractivity contribution in [1.82, 2.24) is 5.32 Å². The van der Waals surface area contributed by atoms with Crippen molar-refractivity contribution in [2.75, 3.05) is 14.2 Å². The maximum Gasteiger partial charge on any atom is 0.200 e. The first-order valence-electron chi connectivity index (χ1n) is 6.83. The van der Waals surface area contributed by atoms with Gasteiger partial charge >= 0.3 is 0 Å². The molecule has 0 radical (unpaired) electrons. The van der Waals surface area contributed by atoms with Gasteiger partial charge in [-0.1, -0.05) is 20.3 Å². The number of nitrogens with one attached hydrogen (secondary N) is 1. The molecule has 0 bridgehead atoms. The van der Waals surface area contributed by atoms with E-state index < -0.39 is 0 Å². The fourth-order valence-electron chi connectivity index (χ4n) is 2.11. The van der Waals surface area contributed by atoms with E-state index in [1.54, 1.807) is 0 Å². The predicted molar refractivity (Wildman–Crippen MR) is 77.0 cm³/mol. The summed E-state index contributed by atoms with van der Waals surface area (Å²) < 4.78 is 10.3. The number of aromatic hydroxyl groups is 1. The van der Waals surface area contributed by atoms with E-state index in [0.717, 1.165) is 18.5 Å². The number of hydrogen-bond acceptors (Lipinski definition) is 4. The molecule has 1 atom stereocenters. The van der Waals surface area contributed by atoms with Crippen LogP contribution in [-0.2, 0) is 6.54 Å². The van der Waals surface area contributed by atoms with Crippen molar-refractivity contribution < 1.29 is 14.6 Å². The van der Waals surface area contributed by atoms with Gasteiger partial charge < -0.3 is 19.9 Å². The number of hydrogen-bond donors (Lipinski definition) is 2. The molecule has 1 rings (SSSR count). The van der Waals surface area contributed by atoms with Gasteiger partial charge in [-0.3, -0.25) is 0 Å². The van der Waals surface area contributed by atoms with Crippen LogP contribution in [0, 0.1) is 0 Å². The molecule has 0 saturated carbocycles. The molecule has 0 amide bonds. The lowest BCUT2D eigenvalue weighted by Gasteiger charge is -2.17. The van der Waals surface area contributed by atoms with E-state index >= 15 is 0 Å². The van der Waals surface area contributed by atoms with Crippen LogP contribution in [0.4, 0.5) is 0 Å². The van der Waals surface area contributed by atoms with Gasteiger partial charge in [0.2, 0.25) is 5.75 Å². The zero-order valence-corrected chi connectivity index (χ0v) is 12.3. The lowest BCUT2D eigenvalue weighted by atomic mass is 10.1. The highest BCUT2D eigenvalue weighted by Gasteiger charge is 2.12. The van der Waals surface area contributed by atoms with Gasteiger partial charge in [-0.05, 0) is 30.5 Å². The molecule has 0 heterocycles. The third kappa shape index (κ3) is 4.31. The van der Waals surface area contributed by atoms with Gasteiger partial charge in [-0.2, -0.15) is 0 Å². The maximum atomic E-state index is 9.85. The van der Waals surface area contributed by atoms with Crippen molar-refractivity contribution in [3.05, 3.63) is 17.7 Å².